The Balaban J connectivity index is 2.70. The van der Waals surface area contributed by atoms with Crippen molar-refractivity contribution in [2.24, 2.45) is 0 Å². The normalized spacial score (nSPS) is 13.9. The van der Waals surface area contributed by atoms with Crippen molar-refractivity contribution >= 4 is 11.6 Å². The summed E-state index contributed by atoms with van der Waals surface area (Å²) in [5, 5.41) is 8.91. The molecule has 0 saturated heterocycles. The molecule has 0 aromatic heterocycles. The van der Waals surface area contributed by atoms with E-state index < -0.39 is 24.5 Å². The van der Waals surface area contributed by atoms with Crippen molar-refractivity contribution in [1.29, 1.82) is 0 Å². The van der Waals surface area contributed by atoms with Crippen molar-refractivity contribution in [3.63, 3.8) is 0 Å². The molecular weight excluding hydrogens is 248 g/mol. The molecule has 1 rings (SSSR count). The molecule has 0 amide bonds. The van der Waals surface area contributed by atoms with Crippen molar-refractivity contribution < 1.29 is 22.7 Å². The van der Waals surface area contributed by atoms with Crippen LogP contribution in [0.5, 0.6) is 0 Å². The maximum atomic E-state index is 12.9. The number of aliphatic hydroxyl groups is 1. The highest BCUT2D eigenvalue weighted by Gasteiger charge is 2.31. The highest BCUT2D eigenvalue weighted by atomic mass is 35.5. The van der Waals surface area contributed by atoms with Gasteiger partial charge in [-0.2, -0.15) is 13.2 Å². The van der Waals surface area contributed by atoms with Crippen molar-refractivity contribution in [3.8, 4) is 0 Å². The second-order valence-corrected chi connectivity index (χ2v) is 3.77. The van der Waals surface area contributed by atoms with E-state index in [-0.39, 0.29) is 17.0 Å². The third-order valence-electron chi connectivity index (χ3n) is 1.95. The summed E-state index contributed by atoms with van der Waals surface area (Å²) in [5.74, 6) is -0.710. The van der Waals surface area contributed by atoms with Gasteiger partial charge in [-0.1, -0.05) is 23.7 Å². The summed E-state index contributed by atoms with van der Waals surface area (Å²) in [6.07, 6.45) is -7.71. The van der Waals surface area contributed by atoms with Crippen LogP contribution < -0.4 is 0 Å². The maximum absolute atomic E-state index is 12.9. The standard InChI is InChI=1S/C10H9ClF4O/c11-9-6(2-1-3-8(9)12)4-7(16)5-10(13,14)15/h1-3,7,16H,4-5H2. The minimum atomic E-state index is -4.45. The Labute approximate surface area is 94.7 Å². The van der Waals surface area contributed by atoms with E-state index in [4.69, 9.17) is 16.7 Å². The van der Waals surface area contributed by atoms with Gasteiger partial charge >= 0.3 is 6.18 Å². The number of hydrogen-bond donors (Lipinski definition) is 1. The summed E-state index contributed by atoms with van der Waals surface area (Å²) in [6, 6.07) is 3.81. The summed E-state index contributed by atoms with van der Waals surface area (Å²) in [6.45, 7) is 0. The molecule has 6 heteroatoms. The molecule has 16 heavy (non-hydrogen) atoms. The van der Waals surface area contributed by atoms with Gasteiger partial charge in [0.25, 0.3) is 0 Å². The fourth-order valence-corrected chi connectivity index (χ4v) is 1.50. The maximum Gasteiger partial charge on any atom is 0.391 e. The zero-order valence-corrected chi connectivity index (χ0v) is 8.82. The molecule has 90 valence electrons. The molecule has 0 bridgehead atoms. The molecule has 0 aliphatic rings. The molecule has 0 heterocycles. The van der Waals surface area contributed by atoms with Crippen LogP contribution in [0.4, 0.5) is 17.6 Å². The van der Waals surface area contributed by atoms with E-state index in [0.29, 0.717) is 0 Å². The number of rotatable bonds is 3. The van der Waals surface area contributed by atoms with E-state index in [1.54, 1.807) is 0 Å². The highest BCUT2D eigenvalue weighted by molar-refractivity contribution is 6.31. The smallest absolute Gasteiger partial charge is 0.391 e. The summed E-state index contributed by atoms with van der Waals surface area (Å²) in [5.41, 5.74) is 0.165. The van der Waals surface area contributed by atoms with Crippen LogP contribution in [0.2, 0.25) is 5.02 Å². The largest absolute Gasteiger partial charge is 0.392 e. The number of hydrogen-bond acceptors (Lipinski definition) is 1. The first kappa shape index (κ1) is 13.3. The second kappa shape index (κ2) is 5.01. The zero-order chi connectivity index (χ0) is 12.3. The molecule has 1 aromatic rings. The molecule has 0 saturated carbocycles. The third kappa shape index (κ3) is 3.98. The summed E-state index contributed by atoms with van der Waals surface area (Å²) < 4.78 is 48.7. The van der Waals surface area contributed by atoms with Gasteiger partial charge in [-0.05, 0) is 11.6 Å². The van der Waals surface area contributed by atoms with Gasteiger partial charge < -0.3 is 5.11 Å². The van der Waals surface area contributed by atoms with Gasteiger partial charge in [-0.15, -0.1) is 0 Å². The van der Waals surface area contributed by atoms with Gasteiger partial charge in [0.15, 0.2) is 0 Å². The molecule has 1 N–H and O–H groups in total. The quantitative estimate of drug-likeness (QED) is 0.823. The van der Waals surface area contributed by atoms with Crippen molar-refractivity contribution in [2.45, 2.75) is 25.1 Å². The Morgan fingerprint density at radius 1 is 1.31 bits per heavy atom. The van der Waals surface area contributed by atoms with Crippen LogP contribution in [0.15, 0.2) is 18.2 Å². The molecule has 0 spiro atoms. The van der Waals surface area contributed by atoms with Gasteiger partial charge in [0.2, 0.25) is 0 Å². The van der Waals surface area contributed by atoms with E-state index in [9.17, 15) is 17.6 Å². The Morgan fingerprint density at radius 3 is 2.50 bits per heavy atom. The van der Waals surface area contributed by atoms with E-state index >= 15 is 0 Å². The van der Waals surface area contributed by atoms with Gasteiger partial charge in [0.1, 0.15) is 5.82 Å². The Bertz CT molecular complexity index is 364. The van der Waals surface area contributed by atoms with Gasteiger partial charge in [-0.3, -0.25) is 0 Å². The van der Waals surface area contributed by atoms with Crippen LogP contribution in [0.1, 0.15) is 12.0 Å². The lowest BCUT2D eigenvalue weighted by Gasteiger charge is -2.13. The van der Waals surface area contributed by atoms with Crippen LogP contribution >= 0.6 is 11.6 Å². The van der Waals surface area contributed by atoms with Crippen LogP contribution in [-0.4, -0.2) is 17.4 Å². The van der Waals surface area contributed by atoms with Gasteiger partial charge in [-0.25, -0.2) is 4.39 Å². The summed E-state index contributed by atoms with van der Waals surface area (Å²) in [7, 11) is 0. The predicted octanol–water partition coefficient (Wildman–Crippen LogP) is 3.33. The van der Waals surface area contributed by atoms with Crippen molar-refractivity contribution in [1.82, 2.24) is 0 Å². The van der Waals surface area contributed by atoms with E-state index in [0.717, 1.165) is 6.07 Å². The topological polar surface area (TPSA) is 20.2 Å². The molecule has 1 unspecified atom stereocenters. The van der Waals surface area contributed by atoms with Crippen molar-refractivity contribution in [3.05, 3.63) is 34.6 Å². The predicted molar refractivity (Wildman–Crippen MR) is 51.8 cm³/mol. The fraction of sp³-hybridized carbons (Fsp3) is 0.400. The van der Waals surface area contributed by atoms with Crippen LogP contribution in [0.3, 0.4) is 0 Å². The molecule has 1 atom stereocenters. The van der Waals surface area contributed by atoms with Crippen LogP contribution in [0.25, 0.3) is 0 Å². The number of alkyl halides is 3. The summed E-state index contributed by atoms with van der Waals surface area (Å²) >= 11 is 5.54. The average molecular weight is 257 g/mol. The lowest BCUT2D eigenvalue weighted by molar-refractivity contribution is -0.153. The molecule has 0 radical (unpaired) electrons. The SMILES string of the molecule is OC(Cc1cccc(F)c1Cl)CC(F)(F)F. The Hall–Kier alpha value is -0.810. The first-order valence-electron chi connectivity index (χ1n) is 4.47. The number of aliphatic hydroxyl groups excluding tert-OH is 1. The van der Waals surface area contributed by atoms with E-state index in [1.807, 2.05) is 0 Å². The van der Waals surface area contributed by atoms with Crippen LogP contribution in [-0.2, 0) is 6.42 Å². The Morgan fingerprint density at radius 2 is 1.94 bits per heavy atom. The number of benzene rings is 1. The monoisotopic (exact) mass is 256 g/mol. The molecule has 1 nitrogen and oxygen atoms in total. The van der Waals surface area contributed by atoms with Crippen molar-refractivity contribution in [2.75, 3.05) is 0 Å². The lowest BCUT2D eigenvalue weighted by Crippen LogP contribution is -2.21. The molecule has 0 fully saturated rings. The first-order valence-corrected chi connectivity index (χ1v) is 4.85. The van der Waals surface area contributed by atoms with Gasteiger partial charge in [0, 0.05) is 6.42 Å². The first-order chi connectivity index (χ1) is 7.29. The summed E-state index contributed by atoms with van der Waals surface area (Å²) in [4.78, 5) is 0. The lowest BCUT2D eigenvalue weighted by atomic mass is 10.1. The second-order valence-electron chi connectivity index (χ2n) is 3.39. The zero-order valence-electron chi connectivity index (χ0n) is 8.06. The highest BCUT2D eigenvalue weighted by Crippen LogP contribution is 2.26. The van der Waals surface area contributed by atoms with E-state index in [2.05, 4.69) is 0 Å². The van der Waals surface area contributed by atoms with E-state index in [1.165, 1.54) is 12.1 Å². The molecular formula is C10H9ClF4O. The minimum absolute atomic E-state index is 0.165. The van der Waals surface area contributed by atoms with Crippen LogP contribution in [0, 0.1) is 5.82 Å². The average Bonchev–Trinajstić information content (AvgIpc) is 2.09. The minimum Gasteiger partial charge on any atom is -0.392 e. The fourth-order valence-electron chi connectivity index (χ4n) is 1.30. The number of halogens is 5. The third-order valence-corrected chi connectivity index (χ3v) is 2.38. The Kier molecular flexibility index (Phi) is 4.15. The molecule has 0 aliphatic carbocycles. The molecule has 0 aliphatic heterocycles. The molecule has 1 aromatic carbocycles. The van der Waals surface area contributed by atoms with Gasteiger partial charge in [0.05, 0.1) is 17.5 Å².